The van der Waals surface area contributed by atoms with Gasteiger partial charge in [0, 0.05) is 23.0 Å². The molecule has 118 valence electrons. The molecule has 0 bridgehead atoms. The summed E-state index contributed by atoms with van der Waals surface area (Å²) >= 11 is 5.81. The number of furan rings is 1. The zero-order valence-corrected chi connectivity index (χ0v) is 14.1. The van der Waals surface area contributed by atoms with Crippen LogP contribution in [0.4, 0.5) is 0 Å². The van der Waals surface area contributed by atoms with E-state index < -0.39 is 10.8 Å². The molecular weight excluding hydrogens is 322 g/mol. The fourth-order valence-corrected chi connectivity index (χ4v) is 3.18. The smallest absolute Gasteiger partial charge is 0.289 e. The van der Waals surface area contributed by atoms with Crippen LogP contribution in [-0.2, 0) is 16.6 Å². The molecule has 0 saturated heterocycles. The summed E-state index contributed by atoms with van der Waals surface area (Å²) in [6, 6.07) is 10.2. The Labute approximate surface area is 137 Å². The van der Waals surface area contributed by atoms with Crippen LogP contribution in [0, 0.1) is 0 Å². The van der Waals surface area contributed by atoms with Crippen molar-refractivity contribution in [2.24, 2.45) is 0 Å². The largest absolute Gasteiger partial charge is 0.455 e. The number of amides is 1. The Kier molecular flexibility index (Phi) is 5.80. The maximum atomic E-state index is 12.3. The summed E-state index contributed by atoms with van der Waals surface area (Å²) in [7, 11) is -1.23. The summed E-state index contributed by atoms with van der Waals surface area (Å²) in [6.45, 7) is 5.09. The molecule has 0 saturated carbocycles. The summed E-state index contributed by atoms with van der Waals surface area (Å²) in [6.07, 6.45) is 0. The van der Waals surface area contributed by atoms with Crippen LogP contribution in [0.3, 0.4) is 0 Å². The molecule has 0 aliphatic rings. The highest BCUT2D eigenvalue weighted by molar-refractivity contribution is 7.84. The van der Waals surface area contributed by atoms with Crippen LogP contribution >= 0.6 is 11.6 Å². The van der Waals surface area contributed by atoms with Gasteiger partial charge in [0.1, 0.15) is 5.76 Å². The SMILES string of the molecule is CCN(CC)C(=O)c1ccc(C[S@](=O)c2ccc(Cl)cc2)o1. The molecule has 0 aliphatic carbocycles. The van der Waals surface area contributed by atoms with Crippen LogP contribution in [0.25, 0.3) is 0 Å². The zero-order chi connectivity index (χ0) is 16.1. The van der Waals surface area contributed by atoms with Gasteiger partial charge >= 0.3 is 0 Å². The first-order valence-electron chi connectivity index (χ1n) is 7.07. The lowest BCUT2D eigenvalue weighted by molar-refractivity contribution is 0.0739. The zero-order valence-electron chi connectivity index (χ0n) is 12.5. The number of carbonyl (C=O) groups is 1. The highest BCUT2D eigenvalue weighted by Crippen LogP contribution is 2.18. The minimum atomic E-state index is -1.23. The van der Waals surface area contributed by atoms with Crippen molar-refractivity contribution in [2.75, 3.05) is 13.1 Å². The van der Waals surface area contributed by atoms with Gasteiger partial charge in [-0.3, -0.25) is 9.00 Å². The van der Waals surface area contributed by atoms with Crippen molar-refractivity contribution in [2.45, 2.75) is 24.5 Å². The number of hydrogen-bond acceptors (Lipinski definition) is 3. The molecular formula is C16H18ClNO3S. The first kappa shape index (κ1) is 16.8. The topological polar surface area (TPSA) is 50.5 Å². The molecule has 1 amide bonds. The van der Waals surface area contributed by atoms with Crippen LogP contribution in [-0.4, -0.2) is 28.1 Å². The second-order valence-electron chi connectivity index (χ2n) is 4.69. The van der Waals surface area contributed by atoms with Gasteiger partial charge in [0.25, 0.3) is 5.91 Å². The highest BCUT2D eigenvalue weighted by atomic mass is 35.5. The summed E-state index contributed by atoms with van der Waals surface area (Å²) < 4.78 is 17.8. The molecule has 4 nitrogen and oxygen atoms in total. The molecule has 1 aromatic carbocycles. The third kappa shape index (κ3) is 3.99. The molecule has 0 N–H and O–H groups in total. The number of nitrogens with zero attached hydrogens (tertiary/aromatic N) is 1. The van der Waals surface area contributed by atoms with E-state index in [-0.39, 0.29) is 17.4 Å². The molecule has 1 atom stereocenters. The molecule has 1 aromatic heterocycles. The van der Waals surface area contributed by atoms with Crippen molar-refractivity contribution in [3.63, 3.8) is 0 Å². The van der Waals surface area contributed by atoms with Crippen molar-refractivity contribution in [1.29, 1.82) is 0 Å². The first-order valence-corrected chi connectivity index (χ1v) is 8.76. The lowest BCUT2D eigenvalue weighted by Gasteiger charge is -2.16. The van der Waals surface area contributed by atoms with Gasteiger partial charge in [0.15, 0.2) is 5.76 Å². The van der Waals surface area contributed by atoms with E-state index in [1.165, 1.54) is 0 Å². The third-order valence-electron chi connectivity index (χ3n) is 3.27. The van der Waals surface area contributed by atoms with E-state index in [9.17, 15) is 9.00 Å². The van der Waals surface area contributed by atoms with Crippen molar-refractivity contribution in [1.82, 2.24) is 4.90 Å². The molecule has 6 heteroatoms. The third-order valence-corrected chi connectivity index (χ3v) is 4.87. The molecule has 2 rings (SSSR count). The average Bonchev–Trinajstić information content (AvgIpc) is 2.97. The number of halogens is 1. The number of rotatable bonds is 6. The molecule has 0 unspecified atom stereocenters. The van der Waals surface area contributed by atoms with Crippen molar-refractivity contribution >= 4 is 28.3 Å². The van der Waals surface area contributed by atoms with E-state index in [2.05, 4.69) is 0 Å². The van der Waals surface area contributed by atoms with Gasteiger partial charge in [-0.1, -0.05) is 11.6 Å². The predicted octanol–water partition coefficient (Wildman–Crippen LogP) is 3.72. The Morgan fingerprint density at radius 2 is 1.77 bits per heavy atom. The van der Waals surface area contributed by atoms with Gasteiger partial charge in [0.05, 0.1) is 16.6 Å². The van der Waals surface area contributed by atoms with Crippen LogP contribution in [0.2, 0.25) is 5.02 Å². The van der Waals surface area contributed by atoms with Crippen molar-refractivity contribution < 1.29 is 13.4 Å². The van der Waals surface area contributed by atoms with Gasteiger partial charge < -0.3 is 9.32 Å². The lowest BCUT2D eigenvalue weighted by atomic mass is 10.3. The van der Waals surface area contributed by atoms with Gasteiger partial charge in [-0.25, -0.2) is 0 Å². The average molecular weight is 340 g/mol. The summed E-state index contributed by atoms with van der Waals surface area (Å²) in [5.74, 6) is 0.900. The quantitative estimate of drug-likeness (QED) is 0.805. The van der Waals surface area contributed by atoms with E-state index in [0.29, 0.717) is 28.8 Å². The van der Waals surface area contributed by atoms with Gasteiger partial charge in [0.2, 0.25) is 0 Å². The standard InChI is InChI=1S/C16H18ClNO3S/c1-3-18(4-2)16(19)15-10-7-13(21-15)11-22(20)14-8-5-12(17)6-9-14/h5-10H,3-4,11H2,1-2H3/t22-/m0/s1. The normalized spacial score (nSPS) is 12.1. The second-order valence-corrected chi connectivity index (χ2v) is 6.57. The van der Waals surface area contributed by atoms with Gasteiger partial charge in [-0.05, 0) is 50.2 Å². The minimum Gasteiger partial charge on any atom is -0.455 e. The van der Waals surface area contributed by atoms with E-state index in [1.807, 2.05) is 13.8 Å². The summed E-state index contributed by atoms with van der Waals surface area (Å²) in [5.41, 5.74) is 0. The van der Waals surface area contributed by atoms with Crippen molar-refractivity contribution in [3.8, 4) is 0 Å². The van der Waals surface area contributed by atoms with Crippen LogP contribution in [0.5, 0.6) is 0 Å². The monoisotopic (exact) mass is 339 g/mol. The predicted molar refractivity (Wildman–Crippen MR) is 87.5 cm³/mol. The summed E-state index contributed by atoms with van der Waals surface area (Å²) in [5, 5.41) is 0.603. The maximum Gasteiger partial charge on any atom is 0.289 e. The molecule has 0 fully saturated rings. The van der Waals surface area contributed by atoms with Gasteiger partial charge in [-0.15, -0.1) is 0 Å². The van der Waals surface area contributed by atoms with Crippen molar-refractivity contribution in [3.05, 3.63) is 52.9 Å². The number of benzene rings is 1. The molecule has 0 radical (unpaired) electrons. The molecule has 22 heavy (non-hydrogen) atoms. The molecule has 0 spiro atoms. The maximum absolute atomic E-state index is 12.3. The summed E-state index contributed by atoms with van der Waals surface area (Å²) in [4.78, 5) is 14.5. The number of carbonyl (C=O) groups excluding carboxylic acids is 1. The van der Waals surface area contributed by atoms with Gasteiger partial charge in [-0.2, -0.15) is 0 Å². The Bertz CT molecular complexity index is 662. The van der Waals surface area contributed by atoms with E-state index >= 15 is 0 Å². The Hall–Kier alpha value is -1.59. The fourth-order valence-electron chi connectivity index (χ4n) is 2.04. The van der Waals surface area contributed by atoms with E-state index in [0.717, 1.165) is 0 Å². The fraction of sp³-hybridized carbons (Fsp3) is 0.312. The molecule has 1 heterocycles. The number of hydrogen-bond donors (Lipinski definition) is 0. The van der Waals surface area contributed by atoms with E-state index in [4.69, 9.17) is 16.0 Å². The Balaban J connectivity index is 2.07. The molecule has 2 aromatic rings. The Morgan fingerprint density at radius 3 is 2.36 bits per heavy atom. The lowest BCUT2D eigenvalue weighted by Crippen LogP contribution is -2.30. The highest BCUT2D eigenvalue weighted by Gasteiger charge is 2.17. The van der Waals surface area contributed by atoms with E-state index in [1.54, 1.807) is 41.3 Å². The van der Waals surface area contributed by atoms with Crippen LogP contribution < -0.4 is 0 Å². The molecule has 0 aliphatic heterocycles. The second kappa shape index (κ2) is 7.61. The van der Waals surface area contributed by atoms with Crippen LogP contribution in [0.15, 0.2) is 45.7 Å². The van der Waals surface area contributed by atoms with Crippen LogP contribution in [0.1, 0.15) is 30.2 Å². The Morgan fingerprint density at radius 1 is 1.14 bits per heavy atom. The first-order chi connectivity index (χ1) is 10.5. The minimum absolute atomic E-state index is 0.145.